The van der Waals surface area contributed by atoms with Gasteiger partial charge in [-0.05, 0) is 49.2 Å². The Balaban J connectivity index is 1.54. The van der Waals surface area contributed by atoms with Crippen LogP contribution in [0.3, 0.4) is 0 Å². The first-order valence-corrected chi connectivity index (χ1v) is 9.88. The summed E-state index contributed by atoms with van der Waals surface area (Å²) in [5.41, 5.74) is 7.62. The Morgan fingerprint density at radius 1 is 1.20 bits per heavy atom. The van der Waals surface area contributed by atoms with Gasteiger partial charge < -0.3 is 20.7 Å². The van der Waals surface area contributed by atoms with Crippen LogP contribution in [0.1, 0.15) is 18.1 Å². The minimum absolute atomic E-state index is 0.0246. The van der Waals surface area contributed by atoms with E-state index in [-0.39, 0.29) is 24.4 Å². The van der Waals surface area contributed by atoms with E-state index < -0.39 is 6.03 Å². The predicted octanol–water partition coefficient (Wildman–Crippen LogP) is 2.74. The highest BCUT2D eigenvalue weighted by molar-refractivity contribution is 5.90. The van der Waals surface area contributed by atoms with Crippen molar-refractivity contribution in [1.29, 1.82) is 0 Å². The zero-order chi connectivity index (χ0) is 21.7. The minimum Gasteiger partial charge on any atom is -0.482 e. The number of hydrogen-bond donors (Lipinski definition) is 2. The molecule has 1 fully saturated rings. The Kier molecular flexibility index (Phi) is 6.89. The summed E-state index contributed by atoms with van der Waals surface area (Å²) >= 11 is 0. The largest absolute Gasteiger partial charge is 0.482 e. The van der Waals surface area contributed by atoms with Gasteiger partial charge in [0, 0.05) is 32.2 Å². The van der Waals surface area contributed by atoms with E-state index in [1.807, 2.05) is 19.9 Å². The number of anilines is 1. The number of piperazine rings is 1. The van der Waals surface area contributed by atoms with E-state index in [2.05, 4.69) is 10.2 Å². The van der Waals surface area contributed by atoms with Crippen LogP contribution >= 0.6 is 0 Å². The molecule has 2 aromatic rings. The number of urea groups is 1. The average Bonchev–Trinajstić information content (AvgIpc) is 2.68. The van der Waals surface area contributed by atoms with Crippen LogP contribution in [0.2, 0.25) is 0 Å². The van der Waals surface area contributed by atoms with Gasteiger partial charge in [-0.3, -0.25) is 9.69 Å². The molecule has 1 heterocycles. The topological polar surface area (TPSA) is 87.9 Å². The molecule has 2 aromatic carbocycles. The number of carbonyl (C=O) groups excluding carboxylic acids is 2. The van der Waals surface area contributed by atoms with Crippen LogP contribution in [0, 0.1) is 12.7 Å². The van der Waals surface area contributed by atoms with Gasteiger partial charge in [0.05, 0.1) is 5.69 Å². The number of nitrogens with zero attached hydrogens (tertiary/aromatic N) is 2. The van der Waals surface area contributed by atoms with Crippen molar-refractivity contribution < 1.29 is 18.7 Å². The quantitative estimate of drug-likeness (QED) is 0.761. The van der Waals surface area contributed by atoms with Crippen molar-refractivity contribution in [3.8, 4) is 5.75 Å². The third-order valence-electron chi connectivity index (χ3n) is 5.10. The lowest BCUT2D eigenvalue weighted by Gasteiger charge is -2.39. The second kappa shape index (κ2) is 9.58. The molecular weight excluding hydrogens is 387 g/mol. The number of primary amides is 1. The fourth-order valence-corrected chi connectivity index (χ4v) is 3.62. The number of ether oxygens (including phenoxy) is 1. The highest BCUT2D eigenvalue weighted by Crippen LogP contribution is 2.26. The highest BCUT2D eigenvalue weighted by atomic mass is 19.1. The highest BCUT2D eigenvalue weighted by Gasteiger charge is 2.27. The number of hydrogen-bond acceptors (Lipinski definition) is 4. The summed E-state index contributed by atoms with van der Waals surface area (Å²) < 4.78 is 18.8. The normalized spacial score (nSPS) is 16.9. The monoisotopic (exact) mass is 414 g/mol. The van der Waals surface area contributed by atoms with E-state index in [1.54, 1.807) is 29.2 Å². The van der Waals surface area contributed by atoms with E-state index in [1.165, 1.54) is 12.1 Å². The molecule has 3 N–H and O–H groups in total. The Labute approximate surface area is 175 Å². The minimum atomic E-state index is -0.692. The van der Waals surface area contributed by atoms with Gasteiger partial charge in [-0.25, -0.2) is 9.18 Å². The van der Waals surface area contributed by atoms with E-state index in [9.17, 15) is 14.0 Å². The summed E-state index contributed by atoms with van der Waals surface area (Å²) in [5.74, 6) is 0.0372. The average molecular weight is 414 g/mol. The fraction of sp³-hybridized carbons (Fsp3) is 0.364. The summed E-state index contributed by atoms with van der Waals surface area (Å²) in [6, 6.07) is 11.1. The van der Waals surface area contributed by atoms with Crippen LogP contribution in [-0.4, -0.2) is 54.0 Å². The molecule has 3 amide bonds. The molecule has 0 aliphatic carbocycles. The van der Waals surface area contributed by atoms with Gasteiger partial charge in [0.2, 0.25) is 0 Å². The summed E-state index contributed by atoms with van der Waals surface area (Å²) in [6.07, 6.45) is 0. The molecule has 0 radical (unpaired) electrons. The molecule has 160 valence electrons. The van der Waals surface area contributed by atoms with Gasteiger partial charge >= 0.3 is 6.03 Å². The number of aryl methyl sites for hydroxylation is 1. The number of rotatable bonds is 6. The molecule has 0 unspecified atom stereocenters. The van der Waals surface area contributed by atoms with Crippen LogP contribution < -0.4 is 15.8 Å². The molecule has 1 aliphatic heterocycles. The lowest BCUT2D eigenvalue weighted by atomic mass is 10.1. The first-order valence-electron chi connectivity index (χ1n) is 9.88. The van der Waals surface area contributed by atoms with Crippen LogP contribution in [0.15, 0.2) is 42.5 Å². The van der Waals surface area contributed by atoms with Crippen molar-refractivity contribution in [2.24, 2.45) is 5.73 Å². The second-order valence-electron chi connectivity index (χ2n) is 7.58. The molecule has 0 bridgehead atoms. The SMILES string of the molecule is Cc1ccc(OCC(=O)N2CCN(Cc3ccc(F)cc3)C[C@H]2C)c(NC(N)=O)c1. The predicted molar refractivity (Wildman–Crippen MR) is 113 cm³/mol. The van der Waals surface area contributed by atoms with Crippen LogP contribution in [-0.2, 0) is 11.3 Å². The molecule has 3 rings (SSSR count). The lowest BCUT2D eigenvalue weighted by molar-refractivity contribution is -0.137. The summed E-state index contributed by atoms with van der Waals surface area (Å²) in [6.45, 7) is 6.52. The standard InChI is InChI=1S/C22H27FN4O3/c1-15-3-8-20(19(11-15)25-22(24)29)30-14-21(28)27-10-9-26(12-16(27)2)13-17-4-6-18(23)7-5-17/h3-8,11,16H,9-10,12-14H2,1-2H3,(H3,24,25,29)/t16-/m1/s1. The van der Waals surface area contributed by atoms with E-state index in [4.69, 9.17) is 10.5 Å². The van der Waals surface area contributed by atoms with Gasteiger partial charge in [0.1, 0.15) is 11.6 Å². The molecule has 1 atom stereocenters. The molecule has 30 heavy (non-hydrogen) atoms. The number of carbonyl (C=O) groups is 2. The summed E-state index contributed by atoms with van der Waals surface area (Å²) in [5, 5.41) is 2.52. The number of halogens is 1. The zero-order valence-corrected chi connectivity index (χ0v) is 17.2. The molecule has 1 aliphatic rings. The Bertz CT molecular complexity index is 904. The molecule has 0 saturated carbocycles. The third-order valence-corrected chi connectivity index (χ3v) is 5.10. The first-order chi connectivity index (χ1) is 14.3. The van der Waals surface area contributed by atoms with Gasteiger partial charge in [-0.1, -0.05) is 18.2 Å². The van der Waals surface area contributed by atoms with Gasteiger partial charge in [0.15, 0.2) is 6.61 Å². The van der Waals surface area contributed by atoms with Gasteiger partial charge in [-0.15, -0.1) is 0 Å². The van der Waals surface area contributed by atoms with Crippen LogP contribution in [0.4, 0.5) is 14.9 Å². The third kappa shape index (κ3) is 5.70. The van der Waals surface area contributed by atoms with Gasteiger partial charge in [0.25, 0.3) is 5.91 Å². The molecular formula is C22H27FN4O3. The van der Waals surface area contributed by atoms with E-state index in [0.717, 1.165) is 24.2 Å². The number of nitrogens with one attached hydrogen (secondary N) is 1. The molecule has 0 aromatic heterocycles. The first kappa shape index (κ1) is 21.6. The Morgan fingerprint density at radius 3 is 2.60 bits per heavy atom. The Hall–Kier alpha value is -3.13. The Morgan fingerprint density at radius 2 is 1.93 bits per heavy atom. The maximum atomic E-state index is 13.1. The molecule has 1 saturated heterocycles. The number of benzene rings is 2. The van der Waals surface area contributed by atoms with Crippen LogP contribution in [0.25, 0.3) is 0 Å². The van der Waals surface area contributed by atoms with Gasteiger partial charge in [-0.2, -0.15) is 0 Å². The van der Waals surface area contributed by atoms with E-state index in [0.29, 0.717) is 24.5 Å². The lowest BCUT2D eigenvalue weighted by Crippen LogP contribution is -2.54. The van der Waals surface area contributed by atoms with Crippen molar-refractivity contribution in [2.75, 3.05) is 31.6 Å². The second-order valence-corrected chi connectivity index (χ2v) is 7.58. The number of amides is 3. The summed E-state index contributed by atoms with van der Waals surface area (Å²) in [4.78, 5) is 28.0. The molecule has 8 heteroatoms. The molecule has 7 nitrogen and oxygen atoms in total. The molecule has 0 spiro atoms. The van der Waals surface area contributed by atoms with Crippen molar-refractivity contribution in [3.63, 3.8) is 0 Å². The zero-order valence-electron chi connectivity index (χ0n) is 17.2. The van der Waals surface area contributed by atoms with Crippen molar-refractivity contribution in [3.05, 3.63) is 59.4 Å². The van der Waals surface area contributed by atoms with Crippen molar-refractivity contribution >= 4 is 17.6 Å². The van der Waals surface area contributed by atoms with Crippen molar-refractivity contribution in [1.82, 2.24) is 9.80 Å². The van der Waals surface area contributed by atoms with Crippen molar-refractivity contribution in [2.45, 2.75) is 26.4 Å². The summed E-state index contributed by atoms with van der Waals surface area (Å²) in [7, 11) is 0. The maximum absolute atomic E-state index is 13.1. The smallest absolute Gasteiger partial charge is 0.316 e. The fourth-order valence-electron chi connectivity index (χ4n) is 3.62. The number of nitrogens with two attached hydrogens (primary N) is 1. The van der Waals surface area contributed by atoms with E-state index >= 15 is 0 Å². The maximum Gasteiger partial charge on any atom is 0.316 e. The van der Waals surface area contributed by atoms with Crippen LogP contribution in [0.5, 0.6) is 5.75 Å².